The van der Waals surface area contributed by atoms with E-state index in [1.165, 1.54) is 21.1 Å². The monoisotopic (exact) mass is 337 g/mol. The van der Waals surface area contributed by atoms with E-state index in [1.54, 1.807) is 0 Å². The van der Waals surface area contributed by atoms with Crippen molar-refractivity contribution in [2.24, 2.45) is 0 Å². The quantitative estimate of drug-likeness (QED) is 0.804. The highest BCUT2D eigenvalue weighted by atomic mass is 35.5. The number of carboxylic acids is 1. The Morgan fingerprint density at radius 3 is 2.48 bits per heavy atom. The van der Waals surface area contributed by atoms with Gasteiger partial charge in [-0.05, 0) is 19.1 Å². The van der Waals surface area contributed by atoms with Gasteiger partial charge in [-0.25, -0.2) is 13.2 Å². The van der Waals surface area contributed by atoms with Crippen LogP contribution in [0.5, 0.6) is 5.75 Å². The Kier molecular flexibility index (Phi) is 5.57. The summed E-state index contributed by atoms with van der Waals surface area (Å²) in [6.45, 7) is 1.12. The van der Waals surface area contributed by atoms with Crippen molar-refractivity contribution in [3.63, 3.8) is 0 Å². The molecule has 0 saturated carbocycles. The number of aromatic carboxylic acids is 1. The molecule has 9 heteroatoms. The number of aliphatic hydroxyl groups excluding tert-OH is 1. The summed E-state index contributed by atoms with van der Waals surface area (Å²) >= 11 is 5.80. The molecule has 0 bridgehead atoms. The van der Waals surface area contributed by atoms with Crippen molar-refractivity contribution in [3.05, 3.63) is 22.7 Å². The van der Waals surface area contributed by atoms with Crippen LogP contribution in [0.2, 0.25) is 5.02 Å². The molecule has 0 aliphatic heterocycles. The van der Waals surface area contributed by atoms with Gasteiger partial charge >= 0.3 is 5.97 Å². The predicted octanol–water partition coefficient (Wildman–Crippen LogP) is 1.05. The lowest BCUT2D eigenvalue weighted by Crippen LogP contribution is -2.37. The van der Waals surface area contributed by atoms with Crippen molar-refractivity contribution in [3.8, 4) is 5.75 Å². The second-order valence-electron chi connectivity index (χ2n) is 4.34. The van der Waals surface area contributed by atoms with Crippen molar-refractivity contribution in [2.45, 2.75) is 17.9 Å². The van der Waals surface area contributed by atoms with E-state index in [4.69, 9.17) is 26.6 Å². The predicted molar refractivity (Wildman–Crippen MR) is 76.5 cm³/mol. The number of hydrogen-bond acceptors (Lipinski definition) is 5. The van der Waals surface area contributed by atoms with Crippen LogP contribution in [0, 0.1) is 0 Å². The minimum Gasteiger partial charge on any atom is -0.494 e. The van der Waals surface area contributed by atoms with Crippen molar-refractivity contribution in [1.29, 1.82) is 0 Å². The molecule has 1 atom stereocenters. The average Bonchev–Trinajstić information content (AvgIpc) is 2.44. The summed E-state index contributed by atoms with van der Waals surface area (Å²) < 4.78 is 30.9. The Morgan fingerprint density at radius 1 is 1.48 bits per heavy atom. The molecule has 2 N–H and O–H groups in total. The first kappa shape index (κ1) is 17.7. The summed E-state index contributed by atoms with van der Waals surface area (Å²) in [6.07, 6.45) is 0. The van der Waals surface area contributed by atoms with E-state index in [2.05, 4.69) is 0 Å². The maximum Gasteiger partial charge on any atom is 0.339 e. The summed E-state index contributed by atoms with van der Waals surface area (Å²) in [5, 5.41) is 18.2. The zero-order valence-electron chi connectivity index (χ0n) is 11.7. The molecule has 0 aliphatic rings. The van der Waals surface area contributed by atoms with E-state index >= 15 is 0 Å². The molecule has 0 radical (unpaired) electrons. The smallest absolute Gasteiger partial charge is 0.339 e. The van der Waals surface area contributed by atoms with Crippen molar-refractivity contribution < 1.29 is 28.2 Å². The third-order valence-corrected chi connectivity index (χ3v) is 5.19. The van der Waals surface area contributed by atoms with Crippen LogP contribution >= 0.6 is 11.6 Å². The van der Waals surface area contributed by atoms with Gasteiger partial charge in [0.25, 0.3) is 0 Å². The van der Waals surface area contributed by atoms with E-state index in [9.17, 15) is 13.2 Å². The molecule has 0 aliphatic carbocycles. The van der Waals surface area contributed by atoms with Crippen LogP contribution in [0.25, 0.3) is 0 Å². The number of likely N-dealkylation sites (N-methyl/N-ethyl adjacent to an activating group) is 1. The molecule has 0 amide bonds. The van der Waals surface area contributed by atoms with Crippen molar-refractivity contribution in [2.75, 3.05) is 20.8 Å². The summed E-state index contributed by atoms with van der Waals surface area (Å²) in [7, 11) is -1.63. The second kappa shape index (κ2) is 6.61. The summed E-state index contributed by atoms with van der Waals surface area (Å²) in [4.78, 5) is 10.8. The number of ether oxygens (including phenoxy) is 1. The first-order valence-corrected chi connectivity index (χ1v) is 7.68. The normalized spacial score (nSPS) is 13.2. The fourth-order valence-electron chi connectivity index (χ4n) is 1.64. The number of nitrogens with zero attached hydrogens (tertiary/aromatic N) is 1. The number of rotatable bonds is 6. The summed E-state index contributed by atoms with van der Waals surface area (Å²) in [5.74, 6) is -1.66. The summed E-state index contributed by atoms with van der Waals surface area (Å²) in [5.41, 5.74) is -0.353. The molecule has 118 valence electrons. The molecule has 1 rings (SSSR count). The molecule has 0 fully saturated rings. The molecule has 0 spiro atoms. The van der Waals surface area contributed by atoms with Crippen LogP contribution in [0.15, 0.2) is 17.0 Å². The van der Waals surface area contributed by atoms with Gasteiger partial charge in [0.2, 0.25) is 10.0 Å². The second-order valence-corrected chi connectivity index (χ2v) is 6.75. The SMILES string of the molecule is COc1c(C(=O)O)cc(Cl)cc1S(=O)(=O)N(C)C(C)CO. The van der Waals surface area contributed by atoms with Gasteiger partial charge in [-0.2, -0.15) is 4.31 Å². The van der Waals surface area contributed by atoms with E-state index in [0.29, 0.717) is 0 Å². The van der Waals surface area contributed by atoms with E-state index in [1.807, 2.05) is 0 Å². The van der Waals surface area contributed by atoms with E-state index in [0.717, 1.165) is 16.4 Å². The number of carbonyl (C=O) groups is 1. The van der Waals surface area contributed by atoms with Crippen LogP contribution in [-0.2, 0) is 10.0 Å². The van der Waals surface area contributed by atoms with Gasteiger partial charge in [-0.3, -0.25) is 0 Å². The van der Waals surface area contributed by atoms with E-state index < -0.39 is 22.0 Å². The Morgan fingerprint density at radius 2 is 2.05 bits per heavy atom. The lowest BCUT2D eigenvalue weighted by Gasteiger charge is -2.24. The van der Waals surface area contributed by atoms with E-state index in [-0.39, 0.29) is 27.8 Å². The third kappa shape index (κ3) is 3.46. The minimum atomic E-state index is -4.07. The molecule has 1 aromatic rings. The van der Waals surface area contributed by atoms with Crippen LogP contribution in [-0.4, -0.2) is 55.7 Å². The standard InChI is InChI=1S/C12H16ClNO6S/c1-7(6-15)14(2)21(18,19)10-5-8(13)4-9(12(16)17)11(10)20-3/h4-5,7,15H,6H2,1-3H3,(H,16,17). The van der Waals surface area contributed by atoms with Gasteiger partial charge < -0.3 is 14.9 Å². The lowest BCUT2D eigenvalue weighted by molar-refractivity contribution is 0.0692. The van der Waals surface area contributed by atoms with Gasteiger partial charge in [0, 0.05) is 18.1 Å². The van der Waals surface area contributed by atoms with Gasteiger partial charge in [0.05, 0.1) is 13.7 Å². The highest BCUT2D eigenvalue weighted by molar-refractivity contribution is 7.89. The molecule has 21 heavy (non-hydrogen) atoms. The number of hydrogen-bond donors (Lipinski definition) is 2. The maximum absolute atomic E-state index is 12.5. The van der Waals surface area contributed by atoms with Crippen LogP contribution in [0.3, 0.4) is 0 Å². The molecule has 0 saturated heterocycles. The molecular formula is C12H16ClNO6S. The van der Waals surface area contributed by atoms with Gasteiger partial charge in [0.15, 0.2) is 5.75 Å². The number of carboxylic acid groups (broad SMARTS) is 1. The number of benzene rings is 1. The molecular weight excluding hydrogens is 322 g/mol. The average molecular weight is 338 g/mol. The molecule has 0 aromatic heterocycles. The molecule has 1 unspecified atom stereocenters. The Hall–Kier alpha value is -1.35. The van der Waals surface area contributed by atoms with Crippen LogP contribution in [0.4, 0.5) is 0 Å². The zero-order chi connectivity index (χ0) is 16.4. The third-order valence-electron chi connectivity index (χ3n) is 3.00. The fraction of sp³-hybridized carbons (Fsp3) is 0.417. The number of methoxy groups -OCH3 is 1. The highest BCUT2D eigenvalue weighted by Crippen LogP contribution is 2.33. The summed E-state index contributed by atoms with van der Waals surface area (Å²) in [6, 6.07) is 1.53. The molecule has 7 nitrogen and oxygen atoms in total. The largest absolute Gasteiger partial charge is 0.494 e. The molecule has 0 heterocycles. The first-order valence-electron chi connectivity index (χ1n) is 5.86. The topological polar surface area (TPSA) is 104 Å². The van der Waals surface area contributed by atoms with Crippen LogP contribution in [0.1, 0.15) is 17.3 Å². The molecule has 1 aromatic carbocycles. The fourth-order valence-corrected chi connectivity index (χ4v) is 3.47. The Balaban J connectivity index is 3.59. The van der Waals surface area contributed by atoms with Crippen molar-refractivity contribution >= 4 is 27.6 Å². The Labute approximate surface area is 127 Å². The highest BCUT2D eigenvalue weighted by Gasteiger charge is 2.31. The number of aliphatic hydroxyl groups is 1. The number of halogens is 1. The lowest BCUT2D eigenvalue weighted by atomic mass is 10.2. The minimum absolute atomic E-state index is 0.0446. The van der Waals surface area contributed by atoms with Gasteiger partial charge in [-0.1, -0.05) is 11.6 Å². The maximum atomic E-state index is 12.5. The van der Waals surface area contributed by atoms with Crippen LogP contribution < -0.4 is 4.74 Å². The Bertz CT molecular complexity index is 645. The first-order chi connectivity index (χ1) is 9.66. The van der Waals surface area contributed by atoms with Crippen molar-refractivity contribution in [1.82, 2.24) is 4.31 Å². The zero-order valence-corrected chi connectivity index (χ0v) is 13.3. The number of sulfonamides is 1. The van der Waals surface area contributed by atoms with Gasteiger partial charge in [0.1, 0.15) is 10.5 Å². The van der Waals surface area contributed by atoms with Gasteiger partial charge in [-0.15, -0.1) is 0 Å².